The highest BCUT2D eigenvalue weighted by atomic mass is 32.2. The molecule has 0 aliphatic carbocycles. The third-order valence-corrected chi connectivity index (χ3v) is 6.66. The van der Waals surface area contributed by atoms with E-state index in [1.54, 1.807) is 0 Å². The molecule has 3 aromatic rings. The molecule has 1 amide bonds. The number of amides is 1. The largest absolute Gasteiger partial charge is 0.320 e. The van der Waals surface area contributed by atoms with Crippen molar-refractivity contribution in [3.8, 4) is 0 Å². The maximum atomic E-state index is 13.2. The molecule has 1 heterocycles. The molecule has 0 bridgehead atoms. The van der Waals surface area contributed by atoms with Crippen molar-refractivity contribution in [1.82, 2.24) is 4.90 Å². The van der Waals surface area contributed by atoms with Gasteiger partial charge in [0.25, 0.3) is 5.91 Å². The van der Waals surface area contributed by atoms with Crippen molar-refractivity contribution in [1.29, 1.82) is 0 Å². The predicted octanol–water partition coefficient (Wildman–Crippen LogP) is 6.10. The van der Waals surface area contributed by atoms with Crippen molar-refractivity contribution in [3.05, 3.63) is 107 Å². The van der Waals surface area contributed by atoms with Crippen LogP contribution in [-0.4, -0.2) is 16.8 Å². The molecule has 0 saturated carbocycles. The van der Waals surface area contributed by atoms with Gasteiger partial charge in [0.05, 0.1) is 0 Å². The summed E-state index contributed by atoms with van der Waals surface area (Å²) < 4.78 is 0. The van der Waals surface area contributed by atoms with Crippen LogP contribution >= 0.6 is 11.8 Å². The van der Waals surface area contributed by atoms with Gasteiger partial charge in [-0.05, 0) is 42.5 Å². The van der Waals surface area contributed by atoms with Gasteiger partial charge in [-0.3, -0.25) is 4.79 Å². The Morgan fingerprint density at radius 1 is 0.857 bits per heavy atom. The fourth-order valence-corrected chi connectivity index (χ4v) is 5.20. The number of hydrogen-bond acceptors (Lipinski definition) is 2. The van der Waals surface area contributed by atoms with Crippen LogP contribution in [0.15, 0.2) is 84.9 Å². The standard InChI is InChI=1S/C25H25NOS/c1-19(16-17-20-10-4-2-5-11-20)26-24(27)22-14-8-9-15-23(22)25(26)28-18-21-12-6-3-7-13-21/h2-15,19,25H,16-18H2,1H3/t19-,25+/m0/s1. The summed E-state index contributed by atoms with van der Waals surface area (Å²) in [5.74, 6) is 1.07. The van der Waals surface area contributed by atoms with Gasteiger partial charge in [-0.15, -0.1) is 11.8 Å². The van der Waals surface area contributed by atoms with E-state index in [0.29, 0.717) is 0 Å². The van der Waals surface area contributed by atoms with Gasteiger partial charge in [-0.1, -0.05) is 78.9 Å². The molecule has 3 heteroatoms. The molecule has 0 radical (unpaired) electrons. The normalized spacial score (nSPS) is 16.8. The number of aryl methyl sites for hydroxylation is 1. The van der Waals surface area contributed by atoms with Crippen LogP contribution in [-0.2, 0) is 12.2 Å². The first-order valence-electron chi connectivity index (χ1n) is 9.85. The number of carbonyl (C=O) groups is 1. The van der Waals surface area contributed by atoms with E-state index in [1.165, 1.54) is 11.1 Å². The highest BCUT2D eigenvalue weighted by Gasteiger charge is 2.39. The Morgan fingerprint density at radius 3 is 2.18 bits per heavy atom. The second kappa shape index (κ2) is 8.66. The summed E-state index contributed by atoms with van der Waals surface area (Å²) in [6, 6.07) is 29.3. The lowest BCUT2D eigenvalue weighted by Crippen LogP contribution is -2.35. The average Bonchev–Trinajstić information content (AvgIpc) is 3.04. The van der Waals surface area contributed by atoms with E-state index in [4.69, 9.17) is 0 Å². The summed E-state index contributed by atoms with van der Waals surface area (Å²) >= 11 is 1.85. The summed E-state index contributed by atoms with van der Waals surface area (Å²) in [6.07, 6.45) is 1.95. The summed E-state index contributed by atoms with van der Waals surface area (Å²) in [4.78, 5) is 15.3. The third kappa shape index (κ3) is 4.00. The minimum Gasteiger partial charge on any atom is -0.320 e. The van der Waals surface area contributed by atoms with Crippen molar-refractivity contribution in [2.24, 2.45) is 0 Å². The zero-order valence-electron chi connectivity index (χ0n) is 16.1. The Labute approximate surface area is 171 Å². The van der Waals surface area contributed by atoms with Crippen LogP contribution < -0.4 is 0 Å². The van der Waals surface area contributed by atoms with Gasteiger partial charge in [0, 0.05) is 17.4 Å². The molecule has 2 atom stereocenters. The van der Waals surface area contributed by atoms with Crippen LogP contribution in [0, 0.1) is 0 Å². The Morgan fingerprint density at radius 2 is 1.46 bits per heavy atom. The zero-order valence-corrected chi connectivity index (χ0v) is 16.9. The number of benzene rings is 3. The second-order valence-electron chi connectivity index (χ2n) is 7.32. The van der Waals surface area contributed by atoms with Crippen molar-refractivity contribution < 1.29 is 4.79 Å². The van der Waals surface area contributed by atoms with Crippen molar-refractivity contribution in [2.75, 3.05) is 0 Å². The molecule has 1 aliphatic rings. The molecule has 142 valence electrons. The Hall–Kier alpha value is -2.52. The topological polar surface area (TPSA) is 20.3 Å². The van der Waals surface area contributed by atoms with Crippen LogP contribution in [0.25, 0.3) is 0 Å². The van der Waals surface area contributed by atoms with Gasteiger partial charge < -0.3 is 4.90 Å². The zero-order chi connectivity index (χ0) is 19.3. The Balaban J connectivity index is 1.52. The molecule has 0 saturated heterocycles. The quantitative estimate of drug-likeness (QED) is 0.488. The molecule has 0 fully saturated rings. The van der Waals surface area contributed by atoms with E-state index in [9.17, 15) is 4.79 Å². The van der Waals surface area contributed by atoms with Crippen LogP contribution in [0.2, 0.25) is 0 Å². The Bertz CT molecular complexity index is 926. The van der Waals surface area contributed by atoms with Gasteiger partial charge in [0.2, 0.25) is 0 Å². The van der Waals surface area contributed by atoms with Crippen LogP contribution in [0.5, 0.6) is 0 Å². The monoisotopic (exact) mass is 387 g/mol. The summed E-state index contributed by atoms with van der Waals surface area (Å²) in [5, 5.41) is 0.0784. The van der Waals surface area contributed by atoms with Gasteiger partial charge in [-0.2, -0.15) is 0 Å². The van der Waals surface area contributed by atoms with Gasteiger partial charge in [0.1, 0.15) is 5.37 Å². The molecule has 0 unspecified atom stereocenters. The van der Waals surface area contributed by atoms with E-state index in [1.807, 2.05) is 42.1 Å². The van der Waals surface area contributed by atoms with Crippen LogP contribution in [0.4, 0.5) is 0 Å². The lowest BCUT2D eigenvalue weighted by Gasteiger charge is -2.31. The maximum Gasteiger partial charge on any atom is 0.255 e. The van der Waals surface area contributed by atoms with Gasteiger partial charge in [0.15, 0.2) is 0 Å². The smallest absolute Gasteiger partial charge is 0.255 e. The number of rotatable bonds is 7. The summed E-state index contributed by atoms with van der Waals surface area (Å²) in [6.45, 7) is 2.18. The molecule has 0 aromatic heterocycles. The van der Waals surface area contributed by atoms with Crippen molar-refractivity contribution >= 4 is 17.7 Å². The number of hydrogen-bond donors (Lipinski definition) is 0. The molecule has 0 spiro atoms. The van der Waals surface area contributed by atoms with Crippen LogP contribution in [0.1, 0.15) is 45.8 Å². The molecule has 4 rings (SSSR count). The predicted molar refractivity (Wildman–Crippen MR) is 117 cm³/mol. The summed E-state index contributed by atoms with van der Waals surface area (Å²) in [7, 11) is 0. The molecule has 28 heavy (non-hydrogen) atoms. The van der Waals surface area contributed by atoms with E-state index in [-0.39, 0.29) is 17.3 Å². The fourth-order valence-electron chi connectivity index (χ4n) is 3.81. The van der Waals surface area contributed by atoms with Gasteiger partial charge >= 0.3 is 0 Å². The fraction of sp³-hybridized carbons (Fsp3) is 0.240. The van der Waals surface area contributed by atoms with E-state index in [0.717, 1.165) is 29.7 Å². The molecule has 1 aliphatic heterocycles. The van der Waals surface area contributed by atoms with Crippen molar-refractivity contribution in [3.63, 3.8) is 0 Å². The maximum absolute atomic E-state index is 13.2. The second-order valence-corrected chi connectivity index (χ2v) is 8.39. The van der Waals surface area contributed by atoms with Crippen molar-refractivity contribution in [2.45, 2.75) is 36.9 Å². The number of nitrogens with zero attached hydrogens (tertiary/aromatic N) is 1. The third-order valence-electron chi connectivity index (χ3n) is 5.36. The van der Waals surface area contributed by atoms with Gasteiger partial charge in [-0.25, -0.2) is 0 Å². The molecule has 2 nitrogen and oxygen atoms in total. The highest BCUT2D eigenvalue weighted by Crippen LogP contribution is 2.44. The molecule has 3 aromatic carbocycles. The number of carbonyl (C=O) groups excluding carboxylic acids is 1. The molecular formula is C25H25NOS. The first-order valence-corrected chi connectivity index (χ1v) is 10.9. The van der Waals surface area contributed by atoms with Crippen LogP contribution in [0.3, 0.4) is 0 Å². The minimum atomic E-state index is 0.0784. The summed E-state index contributed by atoms with van der Waals surface area (Å²) in [5.41, 5.74) is 4.63. The number of fused-ring (bicyclic) bond motifs is 1. The first kappa shape index (κ1) is 18.8. The highest BCUT2D eigenvalue weighted by molar-refractivity contribution is 7.98. The lowest BCUT2D eigenvalue weighted by molar-refractivity contribution is 0.0703. The average molecular weight is 388 g/mol. The molecule has 0 N–H and O–H groups in total. The van der Waals surface area contributed by atoms with E-state index < -0.39 is 0 Å². The first-order chi connectivity index (χ1) is 13.7. The molecular weight excluding hydrogens is 362 g/mol. The lowest BCUT2D eigenvalue weighted by atomic mass is 10.1. The Kier molecular flexibility index (Phi) is 5.82. The minimum absolute atomic E-state index is 0.0784. The van der Waals surface area contributed by atoms with E-state index in [2.05, 4.69) is 66.4 Å². The van der Waals surface area contributed by atoms with E-state index >= 15 is 0 Å². The SMILES string of the molecule is C[C@@H](CCc1ccccc1)N1C(=O)c2ccccc2[C@H]1SCc1ccccc1. The number of thioether (sulfide) groups is 1.